The summed E-state index contributed by atoms with van der Waals surface area (Å²) in [6.45, 7) is 3.63. The second-order valence-corrected chi connectivity index (χ2v) is 14.2. The zero-order valence-electron chi connectivity index (χ0n) is 28.8. The fourth-order valence-electron chi connectivity index (χ4n) is 8.33. The van der Waals surface area contributed by atoms with Crippen molar-refractivity contribution in [2.24, 2.45) is 17.8 Å². The lowest BCUT2D eigenvalue weighted by atomic mass is 9.71. The Kier molecular flexibility index (Phi) is 19.6. The summed E-state index contributed by atoms with van der Waals surface area (Å²) in [7, 11) is 1.65. The number of hydrogen-bond donors (Lipinski definition) is 0. The van der Waals surface area contributed by atoms with Crippen LogP contribution in [-0.2, 0) is 9.53 Å². The molecule has 3 aliphatic carbocycles. The first-order valence-electron chi connectivity index (χ1n) is 19.2. The van der Waals surface area contributed by atoms with E-state index in [4.69, 9.17) is 4.74 Å². The molecule has 0 radical (unpaired) electrons. The standard InChI is InChI=1S/C34H60O2.C8H8/c1-36-34(35)33(31-27-21-15-9-4-10-16-22-28-31)32(29-23-17-11-5-2-6-12-18-24-29)30-25-19-13-7-3-8-14-20-26-30;1-2-8-6-4-3-5-7-8/h29-31H,2-28H2,1H3;2-7H,1H2. The van der Waals surface area contributed by atoms with Crippen molar-refractivity contribution in [2.45, 2.75) is 173 Å². The molecule has 0 saturated heterocycles. The monoisotopic (exact) mass is 605 g/mol. The quantitative estimate of drug-likeness (QED) is 0.247. The summed E-state index contributed by atoms with van der Waals surface area (Å²) in [5.41, 5.74) is 4.00. The van der Waals surface area contributed by atoms with E-state index in [9.17, 15) is 4.79 Å². The Balaban J connectivity index is 0.000000572. The highest BCUT2D eigenvalue weighted by atomic mass is 16.5. The SMILES string of the molecule is C=Cc1ccccc1.COC(=O)C(=C(C1CCCCCCCCC1)C1CCCCCCCCC1)C1CCCCCCCCC1. The van der Waals surface area contributed by atoms with Crippen LogP contribution >= 0.6 is 0 Å². The fourth-order valence-corrected chi connectivity index (χ4v) is 8.33. The van der Waals surface area contributed by atoms with Gasteiger partial charge in [-0.1, -0.05) is 183 Å². The molecular formula is C42H68O2. The molecule has 4 rings (SSSR count). The van der Waals surface area contributed by atoms with Gasteiger partial charge in [0.1, 0.15) is 0 Å². The van der Waals surface area contributed by atoms with E-state index in [1.165, 1.54) is 184 Å². The van der Waals surface area contributed by atoms with Crippen molar-refractivity contribution in [3.8, 4) is 0 Å². The van der Waals surface area contributed by atoms with E-state index in [1.807, 2.05) is 36.4 Å². The smallest absolute Gasteiger partial charge is 0.333 e. The van der Waals surface area contributed by atoms with Crippen LogP contribution < -0.4 is 0 Å². The summed E-state index contributed by atoms with van der Waals surface area (Å²) < 4.78 is 5.66. The minimum Gasteiger partial charge on any atom is -0.466 e. The number of esters is 1. The van der Waals surface area contributed by atoms with Gasteiger partial charge >= 0.3 is 5.97 Å². The van der Waals surface area contributed by atoms with Gasteiger partial charge in [-0.3, -0.25) is 0 Å². The lowest BCUT2D eigenvalue weighted by molar-refractivity contribution is -0.137. The van der Waals surface area contributed by atoms with E-state index < -0.39 is 0 Å². The van der Waals surface area contributed by atoms with Gasteiger partial charge in [0.25, 0.3) is 0 Å². The molecule has 0 aliphatic heterocycles. The second-order valence-electron chi connectivity index (χ2n) is 14.2. The summed E-state index contributed by atoms with van der Waals surface area (Å²) in [6.07, 6.45) is 38.2. The molecule has 2 heteroatoms. The summed E-state index contributed by atoms with van der Waals surface area (Å²) >= 11 is 0. The van der Waals surface area contributed by atoms with Gasteiger partial charge in [0, 0.05) is 5.57 Å². The number of hydrogen-bond acceptors (Lipinski definition) is 2. The number of rotatable bonds is 5. The largest absolute Gasteiger partial charge is 0.466 e. The number of carbonyl (C=O) groups excluding carboxylic acids is 1. The first-order valence-corrected chi connectivity index (χ1v) is 19.2. The van der Waals surface area contributed by atoms with Crippen molar-refractivity contribution in [2.75, 3.05) is 7.11 Å². The van der Waals surface area contributed by atoms with Crippen molar-refractivity contribution >= 4 is 12.0 Å². The molecule has 0 heterocycles. The van der Waals surface area contributed by atoms with E-state index in [1.54, 1.807) is 12.7 Å². The zero-order chi connectivity index (χ0) is 31.1. The normalized spacial score (nSPS) is 21.5. The highest BCUT2D eigenvalue weighted by molar-refractivity contribution is 5.90. The molecule has 0 spiro atoms. The number of methoxy groups -OCH3 is 1. The van der Waals surface area contributed by atoms with Gasteiger partial charge in [0.15, 0.2) is 0 Å². The predicted octanol–water partition coefficient (Wildman–Crippen LogP) is 13.2. The van der Waals surface area contributed by atoms with Crippen molar-refractivity contribution in [3.05, 3.63) is 53.6 Å². The van der Waals surface area contributed by atoms with Crippen LogP contribution in [0.1, 0.15) is 179 Å². The van der Waals surface area contributed by atoms with E-state index >= 15 is 0 Å². The molecule has 0 amide bonds. The van der Waals surface area contributed by atoms with Crippen molar-refractivity contribution in [1.29, 1.82) is 0 Å². The molecule has 3 aliphatic rings. The summed E-state index contributed by atoms with van der Waals surface area (Å²) in [4.78, 5) is 13.8. The average molecular weight is 605 g/mol. The molecule has 0 atom stereocenters. The minimum absolute atomic E-state index is 0.0428. The van der Waals surface area contributed by atoms with E-state index in [0.717, 1.165) is 0 Å². The van der Waals surface area contributed by atoms with Gasteiger partial charge in [-0.05, 0) is 61.8 Å². The first-order chi connectivity index (χ1) is 21.7. The van der Waals surface area contributed by atoms with Gasteiger partial charge in [-0.15, -0.1) is 0 Å². The van der Waals surface area contributed by atoms with E-state index in [0.29, 0.717) is 17.8 Å². The lowest BCUT2D eigenvalue weighted by Crippen LogP contribution is -2.26. The molecular weight excluding hydrogens is 536 g/mol. The van der Waals surface area contributed by atoms with Gasteiger partial charge in [-0.25, -0.2) is 4.79 Å². The Morgan fingerprint density at radius 1 is 0.545 bits per heavy atom. The maximum absolute atomic E-state index is 13.8. The third-order valence-electron chi connectivity index (χ3n) is 10.9. The van der Waals surface area contributed by atoms with Crippen LogP contribution in [0.4, 0.5) is 0 Å². The van der Waals surface area contributed by atoms with Crippen LogP contribution in [0.3, 0.4) is 0 Å². The fraction of sp³-hybridized carbons (Fsp3) is 0.738. The Labute approximate surface area is 272 Å². The Morgan fingerprint density at radius 2 is 0.864 bits per heavy atom. The lowest BCUT2D eigenvalue weighted by Gasteiger charge is -2.34. The van der Waals surface area contributed by atoms with Crippen LogP contribution in [0.2, 0.25) is 0 Å². The summed E-state index contributed by atoms with van der Waals surface area (Å²) in [6, 6.07) is 10.0. The van der Waals surface area contributed by atoms with Crippen molar-refractivity contribution in [1.82, 2.24) is 0 Å². The van der Waals surface area contributed by atoms with Crippen LogP contribution in [-0.4, -0.2) is 13.1 Å². The molecule has 3 fully saturated rings. The highest BCUT2D eigenvalue weighted by Gasteiger charge is 2.33. The third-order valence-corrected chi connectivity index (χ3v) is 10.9. The predicted molar refractivity (Wildman–Crippen MR) is 191 cm³/mol. The third kappa shape index (κ3) is 14.1. The Morgan fingerprint density at radius 3 is 1.16 bits per heavy atom. The molecule has 1 aromatic rings. The van der Waals surface area contributed by atoms with E-state index in [2.05, 4.69) is 6.58 Å². The van der Waals surface area contributed by atoms with E-state index in [-0.39, 0.29) is 5.97 Å². The summed E-state index contributed by atoms with van der Waals surface area (Å²) in [5, 5.41) is 0. The van der Waals surface area contributed by atoms with Crippen LogP contribution in [0.5, 0.6) is 0 Å². The maximum Gasteiger partial charge on any atom is 0.333 e. The average Bonchev–Trinajstić information content (AvgIpc) is 3.08. The number of ether oxygens (including phenoxy) is 1. The number of allylic oxidation sites excluding steroid dienone is 1. The Bertz CT molecular complexity index is 857. The molecule has 0 unspecified atom stereocenters. The van der Waals surface area contributed by atoms with Gasteiger partial charge in [-0.2, -0.15) is 0 Å². The van der Waals surface area contributed by atoms with Crippen LogP contribution in [0.15, 0.2) is 48.1 Å². The van der Waals surface area contributed by atoms with Crippen molar-refractivity contribution < 1.29 is 9.53 Å². The van der Waals surface area contributed by atoms with Gasteiger partial charge in [0.05, 0.1) is 7.11 Å². The molecule has 0 bridgehead atoms. The minimum atomic E-state index is 0.0428. The molecule has 3 saturated carbocycles. The molecule has 0 aromatic heterocycles. The van der Waals surface area contributed by atoms with Gasteiger partial charge in [0.2, 0.25) is 0 Å². The van der Waals surface area contributed by atoms with Crippen molar-refractivity contribution in [3.63, 3.8) is 0 Å². The number of carbonyl (C=O) groups is 1. The Hall–Kier alpha value is -1.83. The molecule has 44 heavy (non-hydrogen) atoms. The first kappa shape index (κ1) is 36.6. The molecule has 248 valence electrons. The highest BCUT2D eigenvalue weighted by Crippen LogP contribution is 2.42. The maximum atomic E-state index is 13.8. The van der Waals surface area contributed by atoms with Gasteiger partial charge < -0.3 is 4.74 Å². The zero-order valence-corrected chi connectivity index (χ0v) is 28.8. The van der Waals surface area contributed by atoms with Crippen LogP contribution in [0, 0.1) is 17.8 Å². The molecule has 1 aromatic carbocycles. The summed E-state index contributed by atoms with van der Waals surface area (Å²) in [5.74, 6) is 1.69. The number of benzene rings is 1. The molecule has 0 N–H and O–H groups in total. The topological polar surface area (TPSA) is 26.3 Å². The second kappa shape index (κ2) is 23.5. The van der Waals surface area contributed by atoms with Crippen LogP contribution in [0.25, 0.3) is 6.08 Å². The molecule has 2 nitrogen and oxygen atoms in total.